The summed E-state index contributed by atoms with van der Waals surface area (Å²) in [5.41, 5.74) is 0.832. The first-order valence-corrected chi connectivity index (χ1v) is 8.37. The Morgan fingerprint density at radius 3 is 2.91 bits per heavy atom. The first-order valence-electron chi connectivity index (χ1n) is 8.37. The van der Waals surface area contributed by atoms with Gasteiger partial charge >= 0.3 is 6.03 Å². The number of furan rings is 1. The molecule has 5 nitrogen and oxygen atoms in total. The fourth-order valence-corrected chi connectivity index (χ4v) is 4.39. The highest BCUT2D eigenvalue weighted by Crippen LogP contribution is 2.48. The summed E-state index contributed by atoms with van der Waals surface area (Å²) < 4.78 is 5.70. The molecule has 0 aliphatic heterocycles. The molecule has 1 aromatic heterocycles. The number of para-hydroxylation sites is 1. The first kappa shape index (κ1) is 14.6. The molecule has 2 aliphatic rings. The maximum atomic E-state index is 12.2. The van der Waals surface area contributed by atoms with E-state index < -0.39 is 0 Å². The van der Waals surface area contributed by atoms with Gasteiger partial charge in [0.05, 0.1) is 6.54 Å². The van der Waals surface area contributed by atoms with Crippen molar-refractivity contribution in [3.05, 3.63) is 36.1 Å². The van der Waals surface area contributed by atoms with Crippen molar-refractivity contribution >= 4 is 17.0 Å². The summed E-state index contributed by atoms with van der Waals surface area (Å²) in [5, 5.41) is 16.5. The van der Waals surface area contributed by atoms with Crippen LogP contribution >= 0.6 is 0 Å². The Bertz CT molecular complexity index is 678. The van der Waals surface area contributed by atoms with Gasteiger partial charge in [-0.15, -0.1) is 0 Å². The van der Waals surface area contributed by atoms with E-state index in [1.54, 1.807) is 0 Å². The van der Waals surface area contributed by atoms with E-state index in [-0.39, 0.29) is 24.6 Å². The molecule has 4 rings (SSSR count). The van der Waals surface area contributed by atoms with E-state index in [4.69, 9.17) is 4.42 Å². The Kier molecular flexibility index (Phi) is 3.73. The minimum absolute atomic E-state index is 0.106. The Balaban J connectivity index is 1.35. The second-order valence-electron chi connectivity index (χ2n) is 6.78. The van der Waals surface area contributed by atoms with Crippen molar-refractivity contribution in [2.45, 2.75) is 31.8 Å². The number of hydrogen-bond donors (Lipinski definition) is 3. The zero-order valence-corrected chi connectivity index (χ0v) is 13.0. The van der Waals surface area contributed by atoms with E-state index in [9.17, 15) is 9.90 Å². The summed E-state index contributed by atoms with van der Waals surface area (Å²) >= 11 is 0. The van der Waals surface area contributed by atoms with Gasteiger partial charge in [-0.25, -0.2) is 4.79 Å². The van der Waals surface area contributed by atoms with Crippen molar-refractivity contribution in [2.75, 3.05) is 6.61 Å². The van der Waals surface area contributed by atoms with E-state index in [1.165, 1.54) is 6.42 Å². The van der Waals surface area contributed by atoms with Gasteiger partial charge in [-0.2, -0.15) is 0 Å². The zero-order chi connectivity index (χ0) is 15.8. The minimum Gasteiger partial charge on any atom is -0.459 e. The van der Waals surface area contributed by atoms with Crippen LogP contribution in [0.4, 0.5) is 4.79 Å². The van der Waals surface area contributed by atoms with Gasteiger partial charge in [-0.1, -0.05) is 18.2 Å². The lowest BCUT2D eigenvalue weighted by Crippen LogP contribution is -2.48. The smallest absolute Gasteiger partial charge is 0.315 e. The van der Waals surface area contributed by atoms with Crippen LogP contribution in [0.3, 0.4) is 0 Å². The molecule has 3 N–H and O–H groups in total. The van der Waals surface area contributed by atoms with Crippen molar-refractivity contribution in [3.63, 3.8) is 0 Å². The molecule has 4 atom stereocenters. The highest BCUT2D eigenvalue weighted by atomic mass is 16.3. The summed E-state index contributed by atoms with van der Waals surface area (Å²) in [6.07, 6.45) is 3.49. The lowest BCUT2D eigenvalue weighted by Gasteiger charge is -2.30. The molecule has 0 spiro atoms. The van der Waals surface area contributed by atoms with Gasteiger partial charge < -0.3 is 20.2 Å². The Morgan fingerprint density at radius 1 is 1.26 bits per heavy atom. The molecule has 1 heterocycles. The van der Waals surface area contributed by atoms with Crippen LogP contribution in [0.2, 0.25) is 0 Å². The number of nitrogens with one attached hydrogen (secondary N) is 2. The van der Waals surface area contributed by atoms with Crippen LogP contribution in [0.25, 0.3) is 11.0 Å². The average Bonchev–Trinajstić information content (AvgIpc) is 3.26. The first-order chi connectivity index (χ1) is 11.2. The fraction of sp³-hybridized carbons (Fsp3) is 0.500. The number of aliphatic hydroxyl groups excluding tert-OH is 1. The molecule has 2 aliphatic carbocycles. The van der Waals surface area contributed by atoms with Crippen molar-refractivity contribution in [3.8, 4) is 0 Å². The minimum atomic E-state index is -0.179. The van der Waals surface area contributed by atoms with E-state index in [2.05, 4.69) is 10.6 Å². The maximum absolute atomic E-state index is 12.2. The summed E-state index contributed by atoms with van der Waals surface area (Å²) in [6.45, 7) is 0.529. The van der Waals surface area contributed by atoms with Gasteiger partial charge in [-0.3, -0.25) is 0 Å². The highest BCUT2D eigenvalue weighted by molar-refractivity contribution is 5.78. The summed E-state index contributed by atoms with van der Waals surface area (Å²) in [6, 6.07) is 9.68. The van der Waals surface area contributed by atoms with Crippen LogP contribution in [0.5, 0.6) is 0 Å². The summed E-state index contributed by atoms with van der Waals surface area (Å²) in [4.78, 5) is 12.2. The molecule has 0 saturated heterocycles. The van der Waals surface area contributed by atoms with Crippen LogP contribution in [-0.2, 0) is 6.54 Å². The molecular formula is C18H22N2O3. The summed E-state index contributed by atoms with van der Waals surface area (Å²) in [7, 11) is 0. The standard InChI is InChI=1S/C18H22N2O3/c21-10-15-11-5-6-13(7-11)17(15)20-18(22)19-9-14-8-12-3-1-2-4-16(12)23-14/h1-4,8,11,13,15,17,21H,5-7,9-10H2,(H2,19,20,22). The van der Waals surface area contributed by atoms with Crippen molar-refractivity contribution in [1.82, 2.24) is 10.6 Å². The number of urea groups is 1. The maximum Gasteiger partial charge on any atom is 0.315 e. The van der Waals surface area contributed by atoms with Gasteiger partial charge in [0.2, 0.25) is 0 Å². The fourth-order valence-electron chi connectivity index (χ4n) is 4.39. The largest absolute Gasteiger partial charge is 0.459 e. The molecule has 23 heavy (non-hydrogen) atoms. The predicted molar refractivity (Wildman–Crippen MR) is 86.8 cm³/mol. The SMILES string of the molecule is O=C(NCc1cc2ccccc2o1)NC1C2CCC(C2)C1CO. The van der Waals surface area contributed by atoms with Crippen LogP contribution in [0, 0.1) is 17.8 Å². The normalized spacial score (nSPS) is 29.1. The third-order valence-electron chi connectivity index (χ3n) is 5.50. The van der Waals surface area contributed by atoms with E-state index in [0.29, 0.717) is 18.4 Å². The molecule has 2 bridgehead atoms. The Morgan fingerprint density at radius 2 is 2.09 bits per heavy atom. The molecule has 0 radical (unpaired) electrons. The van der Waals surface area contributed by atoms with Gasteiger partial charge in [0.1, 0.15) is 11.3 Å². The number of amides is 2. The number of hydrogen-bond acceptors (Lipinski definition) is 3. The number of fused-ring (bicyclic) bond motifs is 3. The molecular weight excluding hydrogens is 292 g/mol. The number of carbonyl (C=O) groups excluding carboxylic acids is 1. The molecule has 2 amide bonds. The molecule has 2 saturated carbocycles. The van der Waals surface area contributed by atoms with E-state index >= 15 is 0 Å². The lowest BCUT2D eigenvalue weighted by atomic mass is 9.85. The molecule has 4 unspecified atom stereocenters. The van der Waals surface area contributed by atoms with Crippen molar-refractivity contribution < 1.29 is 14.3 Å². The van der Waals surface area contributed by atoms with E-state index in [0.717, 1.165) is 29.6 Å². The zero-order valence-electron chi connectivity index (χ0n) is 13.0. The topological polar surface area (TPSA) is 74.5 Å². The Hall–Kier alpha value is -2.01. The predicted octanol–water partition coefficient (Wildman–Crippen LogP) is 2.64. The number of benzene rings is 1. The third-order valence-corrected chi connectivity index (χ3v) is 5.50. The average molecular weight is 314 g/mol. The van der Waals surface area contributed by atoms with Crippen LogP contribution in [-0.4, -0.2) is 23.8 Å². The summed E-state index contributed by atoms with van der Waals surface area (Å²) in [5.74, 6) is 2.05. The third kappa shape index (κ3) is 2.70. The number of rotatable bonds is 4. The van der Waals surface area contributed by atoms with E-state index in [1.807, 2.05) is 30.3 Å². The lowest BCUT2D eigenvalue weighted by molar-refractivity contribution is 0.144. The van der Waals surface area contributed by atoms with Crippen molar-refractivity contribution in [2.24, 2.45) is 17.8 Å². The van der Waals surface area contributed by atoms with Gasteiger partial charge in [0.25, 0.3) is 0 Å². The quantitative estimate of drug-likeness (QED) is 0.812. The highest BCUT2D eigenvalue weighted by Gasteiger charge is 2.47. The van der Waals surface area contributed by atoms with Crippen LogP contribution < -0.4 is 10.6 Å². The van der Waals surface area contributed by atoms with Crippen LogP contribution in [0.15, 0.2) is 34.7 Å². The number of carbonyl (C=O) groups is 1. The van der Waals surface area contributed by atoms with Gasteiger partial charge in [-0.05, 0) is 43.2 Å². The van der Waals surface area contributed by atoms with Crippen molar-refractivity contribution in [1.29, 1.82) is 0 Å². The monoisotopic (exact) mass is 314 g/mol. The van der Waals surface area contributed by atoms with Crippen LogP contribution in [0.1, 0.15) is 25.0 Å². The molecule has 2 aromatic rings. The second-order valence-corrected chi connectivity index (χ2v) is 6.78. The molecule has 5 heteroatoms. The number of aliphatic hydroxyl groups is 1. The Labute approximate surface area is 135 Å². The second kappa shape index (κ2) is 5.89. The molecule has 122 valence electrons. The van der Waals surface area contributed by atoms with Gasteiger partial charge in [0, 0.05) is 24.0 Å². The molecule has 1 aromatic carbocycles. The van der Waals surface area contributed by atoms with Gasteiger partial charge in [0.15, 0.2) is 0 Å². The molecule has 2 fully saturated rings.